The van der Waals surface area contributed by atoms with Crippen molar-refractivity contribution in [2.45, 2.75) is 18.9 Å². The number of nitrogens with zero attached hydrogens (tertiary/aromatic N) is 3. The summed E-state index contributed by atoms with van der Waals surface area (Å²) in [5, 5.41) is 10.5. The predicted molar refractivity (Wildman–Crippen MR) is 107 cm³/mol. The molecule has 3 aromatic rings. The number of benzene rings is 2. The zero-order valence-electron chi connectivity index (χ0n) is 14.7. The number of hydrogen-bond acceptors (Lipinski definition) is 5. The average Bonchev–Trinajstić information content (AvgIpc) is 3.40. The highest BCUT2D eigenvalue weighted by molar-refractivity contribution is 7.18. The molecule has 4 nitrogen and oxygen atoms in total. The summed E-state index contributed by atoms with van der Waals surface area (Å²) in [7, 11) is 0. The molecule has 1 fully saturated rings. The molecule has 1 atom stereocenters. The number of rotatable bonds is 3. The van der Waals surface area contributed by atoms with Crippen molar-refractivity contribution in [3.8, 4) is 10.6 Å². The third-order valence-electron chi connectivity index (χ3n) is 5.25. The van der Waals surface area contributed by atoms with Crippen molar-refractivity contribution in [1.82, 2.24) is 10.2 Å². The van der Waals surface area contributed by atoms with Crippen molar-refractivity contribution in [3.05, 3.63) is 71.0 Å². The third-order valence-corrected chi connectivity index (χ3v) is 6.28. The van der Waals surface area contributed by atoms with E-state index in [1.807, 2.05) is 12.1 Å². The maximum absolute atomic E-state index is 14.3. The fraction of sp³-hybridized carbons (Fsp3) is 0.238. The van der Waals surface area contributed by atoms with Crippen LogP contribution in [-0.4, -0.2) is 29.3 Å². The van der Waals surface area contributed by atoms with Crippen LogP contribution in [0.15, 0.2) is 48.5 Å². The van der Waals surface area contributed by atoms with E-state index in [0.29, 0.717) is 5.56 Å². The lowest BCUT2D eigenvalue weighted by Crippen LogP contribution is -2.26. The van der Waals surface area contributed by atoms with Gasteiger partial charge in [0.05, 0.1) is 0 Å². The Labute approximate surface area is 161 Å². The van der Waals surface area contributed by atoms with Gasteiger partial charge in [0.15, 0.2) is 0 Å². The molecule has 2 heterocycles. The van der Waals surface area contributed by atoms with Gasteiger partial charge in [-0.25, -0.2) is 4.39 Å². The van der Waals surface area contributed by atoms with Crippen molar-refractivity contribution < 1.29 is 4.39 Å². The van der Waals surface area contributed by atoms with Gasteiger partial charge in [0.25, 0.3) is 0 Å². The zero-order chi connectivity index (χ0) is 18.4. The SMILES string of the molecule is N[C@@H]1CCN(c2nnc(-c3ccc4c(c3)C(c3ccccc3F)=CC4)s2)C1. The molecule has 27 heavy (non-hydrogen) atoms. The van der Waals surface area contributed by atoms with Crippen molar-refractivity contribution >= 4 is 22.0 Å². The molecule has 0 radical (unpaired) electrons. The standard InChI is InChI=1S/C21H19FN4S/c22-19-4-2-1-3-17(19)16-8-7-13-5-6-14(11-18(13)16)20-24-25-21(27-20)26-10-9-15(23)12-26/h1-6,8,11,15H,7,9-10,12,23H2/t15-/m1/s1. The molecule has 0 amide bonds. The number of fused-ring (bicyclic) bond motifs is 1. The summed E-state index contributed by atoms with van der Waals surface area (Å²) in [4.78, 5) is 2.20. The highest BCUT2D eigenvalue weighted by Crippen LogP contribution is 2.38. The van der Waals surface area contributed by atoms with Gasteiger partial charge in [-0.3, -0.25) is 0 Å². The van der Waals surface area contributed by atoms with Crippen molar-refractivity contribution in [2.75, 3.05) is 18.0 Å². The van der Waals surface area contributed by atoms with Crippen LogP contribution in [0.2, 0.25) is 0 Å². The van der Waals surface area contributed by atoms with Crippen molar-refractivity contribution in [3.63, 3.8) is 0 Å². The van der Waals surface area contributed by atoms with Crippen molar-refractivity contribution in [1.29, 1.82) is 0 Å². The monoisotopic (exact) mass is 378 g/mol. The van der Waals surface area contributed by atoms with Crippen LogP contribution < -0.4 is 10.6 Å². The Morgan fingerprint density at radius 1 is 1.11 bits per heavy atom. The third kappa shape index (κ3) is 2.95. The summed E-state index contributed by atoms with van der Waals surface area (Å²) < 4.78 is 14.3. The van der Waals surface area contributed by atoms with Gasteiger partial charge in [-0.1, -0.05) is 47.7 Å². The molecule has 1 aliphatic heterocycles. The van der Waals surface area contributed by atoms with E-state index in [4.69, 9.17) is 5.73 Å². The molecule has 2 aromatic carbocycles. The van der Waals surface area contributed by atoms with Crippen LogP contribution in [-0.2, 0) is 6.42 Å². The van der Waals surface area contributed by atoms with Crippen LogP contribution in [0.25, 0.3) is 16.1 Å². The molecule has 0 unspecified atom stereocenters. The molecule has 2 N–H and O–H groups in total. The molecule has 1 aromatic heterocycles. The van der Waals surface area contributed by atoms with E-state index in [2.05, 4.69) is 39.4 Å². The van der Waals surface area contributed by atoms with E-state index in [1.165, 1.54) is 11.6 Å². The second kappa shape index (κ2) is 6.55. The van der Waals surface area contributed by atoms with E-state index in [0.717, 1.165) is 52.8 Å². The van der Waals surface area contributed by atoms with E-state index in [-0.39, 0.29) is 11.9 Å². The topological polar surface area (TPSA) is 55.0 Å². The van der Waals surface area contributed by atoms with Gasteiger partial charge in [0.1, 0.15) is 10.8 Å². The molecule has 136 valence electrons. The molecule has 2 aliphatic rings. The fourth-order valence-electron chi connectivity index (χ4n) is 3.82. The van der Waals surface area contributed by atoms with Gasteiger partial charge in [0.2, 0.25) is 5.13 Å². The van der Waals surface area contributed by atoms with E-state index in [1.54, 1.807) is 17.4 Å². The molecule has 1 saturated heterocycles. The molecular weight excluding hydrogens is 359 g/mol. The molecular formula is C21H19FN4S. The molecule has 0 spiro atoms. The van der Waals surface area contributed by atoms with Crippen molar-refractivity contribution in [2.24, 2.45) is 5.73 Å². The average molecular weight is 378 g/mol. The highest BCUT2D eigenvalue weighted by Gasteiger charge is 2.23. The first-order chi connectivity index (χ1) is 13.2. The Balaban J connectivity index is 1.48. The summed E-state index contributed by atoms with van der Waals surface area (Å²) in [5.41, 5.74) is 10.9. The largest absolute Gasteiger partial charge is 0.345 e. The first-order valence-corrected chi connectivity index (χ1v) is 9.93. The Morgan fingerprint density at radius 3 is 2.81 bits per heavy atom. The van der Waals surface area contributed by atoms with Crippen LogP contribution in [0.4, 0.5) is 9.52 Å². The Kier molecular flexibility index (Phi) is 4.02. The lowest BCUT2D eigenvalue weighted by molar-refractivity contribution is 0.624. The second-order valence-electron chi connectivity index (χ2n) is 7.06. The molecule has 1 aliphatic carbocycles. The second-order valence-corrected chi connectivity index (χ2v) is 8.01. The minimum Gasteiger partial charge on any atom is -0.345 e. The maximum Gasteiger partial charge on any atom is 0.208 e. The van der Waals surface area contributed by atoms with Gasteiger partial charge in [-0.15, -0.1) is 10.2 Å². The van der Waals surface area contributed by atoms with Gasteiger partial charge >= 0.3 is 0 Å². The highest BCUT2D eigenvalue weighted by atomic mass is 32.1. The fourth-order valence-corrected chi connectivity index (χ4v) is 4.69. The summed E-state index contributed by atoms with van der Waals surface area (Å²) in [6, 6.07) is 13.5. The van der Waals surface area contributed by atoms with Crippen LogP contribution in [0.3, 0.4) is 0 Å². The van der Waals surface area contributed by atoms with Crippen LogP contribution >= 0.6 is 11.3 Å². The van der Waals surface area contributed by atoms with E-state index < -0.39 is 0 Å². The minimum atomic E-state index is -0.189. The smallest absolute Gasteiger partial charge is 0.208 e. The van der Waals surface area contributed by atoms with Gasteiger partial charge in [0, 0.05) is 30.3 Å². The normalized spacial score (nSPS) is 18.7. The van der Waals surface area contributed by atoms with E-state index >= 15 is 0 Å². The number of allylic oxidation sites excluding steroid dienone is 1. The quantitative estimate of drug-likeness (QED) is 0.752. The molecule has 0 saturated carbocycles. The molecule has 5 rings (SSSR count). The number of hydrogen-bond donors (Lipinski definition) is 1. The zero-order valence-corrected chi connectivity index (χ0v) is 15.5. The first kappa shape index (κ1) is 16.6. The minimum absolute atomic E-state index is 0.189. The maximum atomic E-state index is 14.3. The van der Waals surface area contributed by atoms with Crippen LogP contribution in [0.1, 0.15) is 23.1 Å². The predicted octanol–water partition coefficient (Wildman–Crippen LogP) is 3.87. The summed E-state index contributed by atoms with van der Waals surface area (Å²) >= 11 is 1.59. The lowest BCUT2D eigenvalue weighted by atomic mass is 9.97. The lowest BCUT2D eigenvalue weighted by Gasteiger charge is -2.12. The van der Waals surface area contributed by atoms with Gasteiger partial charge in [-0.2, -0.15) is 0 Å². The Bertz CT molecular complexity index is 1040. The Hall–Kier alpha value is -2.57. The molecule has 6 heteroatoms. The summed E-state index contributed by atoms with van der Waals surface area (Å²) in [5.74, 6) is -0.189. The first-order valence-electron chi connectivity index (χ1n) is 9.12. The number of halogens is 1. The number of anilines is 1. The van der Waals surface area contributed by atoms with Crippen LogP contribution in [0.5, 0.6) is 0 Å². The Morgan fingerprint density at radius 2 is 2.00 bits per heavy atom. The van der Waals surface area contributed by atoms with Crippen LogP contribution in [0, 0.1) is 5.82 Å². The number of nitrogens with two attached hydrogens (primary N) is 1. The summed E-state index contributed by atoms with van der Waals surface area (Å²) in [6.07, 6.45) is 3.92. The summed E-state index contributed by atoms with van der Waals surface area (Å²) in [6.45, 7) is 1.76. The van der Waals surface area contributed by atoms with E-state index in [9.17, 15) is 4.39 Å². The van der Waals surface area contributed by atoms with Gasteiger partial charge in [-0.05, 0) is 41.7 Å². The molecule has 0 bridgehead atoms. The number of aromatic nitrogens is 2. The van der Waals surface area contributed by atoms with Gasteiger partial charge < -0.3 is 10.6 Å².